The van der Waals surface area contributed by atoms with E-state index in [-0.39, 0.29) is 40.2 Å². The Morgan fingerprint density at radius 3 is 2.87 bits per heavy atom. The molecule has 7 rings (SSSR count). The van der Waals surface area contributed by atoms with Gasteiger partial charge in [-0.15, -0.1) is 0 Å². The molecule has 2 bridgehead atoms. The van der Waals surface area contributed by atoms with Gasteiger partial charge in [-0.25, -0.2) is 9.37 Å². The quantitative estimate of drug-likeness (QED) is 0.406. The average Bonchev–Trinajstić information content (AvgIpc) is 3.49. The Morgan fingerprint density at radius 2 is 2.08 bits per heavy atom. The number of aromatic nitrogens is 3. The third kappa shape index (κ3) is 3.16. The van der Waals surface area contributed by atoms with E-state index in [9.17, 15) is 13.6 Å². The van der Waals surface area contributed by atoms with Crippen LogP contribution < -0.4 is 10.5 Å². The number of aryl methyl sites for hydroxylation is 1. The van der Waals surface area contributed by atoms with E-state index in [1.54, 1.807) is 16.8 Å². The lowest BCUT2D eigenvalue weighted by Gasteiger charge is -2.24. The van der Waals surface area contributed by atoms with Crippen LogP contribution >= 0.6 is 0 Å². The van der Waals surface area contributed by atoms with E-state index in [4.69, 9.17) is 14.6 Å². The Balaban J connectivity index is 1.46. The molecule has 0 fully saturated rings. The van der Waals surface area contributed by atoms with Gasteiger partial charge in [0, 0.05) is 52.0 Å². The zero-order chi connectivity index (χ0) is 29.0. The number of rotatable bonds is 3. The molecule has 3 atom stereocenters. The van der Waals surface area contributed by atoms with Crippen LogP contribution in [0.15, 0.2) is 42.6 Å². The first kappa shape index (κ1) is 20.1. The van der Waals surface area contributed by atoms with Crippen LogP contribution in [0.5, 0.6) is 5.75 Å². The number of halogens is 3. The van der Waals surface area contributed by atoms with Crippen molar-refractivity contribution >= 4 is 16.9 Å². The molecule has 0 saturated heterocycles. The molecule has 2 N–H and O–H groups in total. The smallest absolute Gasteiger partial charge is 0.387 e. The molecule has 4 aromatic rings. The summed E-state index contributed by atoms with van der Waals surface area (Å²) in [5.41, 5.74) is 9.09. The average molecular weight is 523 g/mol. The number of nitrogens with two attached hydrogens (primary N) is 1. The van der Waals surface area contributed by atoms with Crippen LogP contribution in [0.2, 0.25) is 0 Å². The lowest BCUT2D eigenvalue weighted by molar-refractivity contribution is -0.0507. The molecule has 1 amide bonds. The number of fused-ring (bicyclic) bond motifs is 10. The molecule has 194 valence electrons. The summed E-state index contributed by atoms with van der Waals surface area (Å²) in [5.74, 6) is -1.40. The highest BCUT2D eigenvalue weighted by atomic mass is 19.3. The lowest BCUT2D eigenvalue weighted by atomic mass is 9.97. The van der Waals surface area contributed by atoms with Gasteiger partial charge in [-0.3, -0.25) is 9.78 Å². The minimum atomic E-state index is -3.17. The Bertz CT molecular complexity index is 1770. The van der Waals surface area contributed by atoms with Gasteiger partial charge in [0.1, 0.15) is 17.4 Å². The maximum absolute atomic E-state index is 15.6. The summed E-state index contributed by atoms with van der Waals surface area (Å²) in [5, 5.41) is 0. The van der Waals surface area contributed by atoms with Crippen molar-refractivity contribution in [2.75, 3.05) is 6.98 Å². The summed E-state index contributed by atoms with van der Waals surface area (Å²) in [6.07, 6.45) is 3.08. The fourth-order valence-electron chi connectivity index (χ4n) is 6.23. The molecule has 0 saturated carbocycles. The van der Waals surface area contributed by atoms with Gasteiger partial charge in [0.2, 0.25) is 0 Å². The van der Waals surface area contributed by atoms with Gasteiger partial charge >= 0.3 is 6.61 Å². The third-order valence-electron chi connectivity index (χ3n) is 7.97. The van der Waals surface area contributed by atoms with E-state index in [1.165, 1.54) is 24.3 Å². The summed E-state index contributed by atoms with van der Waals surface area (Å²) in [6, 6.07) is 7.06. The fraction of sp³-hybridized carbons (Fsp3) is 0.321. The molecular weight excluding hydrogens is 495 g/mol. The first-order valence-electron chi connectivity index (χ1n) is 13.8. The summed E-state index contributed by atoms with van der Waals surface area (Å²) >= 11 is 0. The van der Waals surface area contributed by atoms with E-state index in [2.05, 4.69) is 9.97 Å². The maximum atomic E-state index is 15.6. The number of alkyl halides is 2. The number of carbonyl (C=O) groups excluding carboxylic acids is 1. The van der Waals surface area contributed by atoms with Crippen LogP contribution in [0, 0.1) is 5.82 Å². The van der Waals surface area contributed by atoms with E-state index in [0.717, 1.165) is 22.6 Å². The van der Waals surface area contributed by atoms with Crippen molar-refractivity contribution < 1.29 is 26.8 Å². The number of amides is 1. The number of hydrogen-bond donors (Lipinski definition) is 1. The zero-order valence-corrected chi connectivity index (χ0v) is 20.2. The molecule has 2 aromatic carbocycles. The van der Waals surface area contributed by atoms with E-state index >= 15 is 4.39 Å². The first-order valence-corrected chi connectivity index (χ1v) is 12.3. The van der Waals surface area contributed by atoms with Crippen LogP contribution in [0.4, 0.5) is 13.2 Å². The normalized spacial score (nSPS) is 25.1. The predicted octanol–water partition coefficient (Wildman–Crippen LogP) is 5.08. The van der Waals surface area contributed by atoms with Gasteiger partial charge in [-0.05, 0) is 49.6 Å². The lowest BCUT2D eigenvalue weighted by Crippen LogP contribution is -2.30. The number of nitrogens with zero attached hydrogens (tertiary/aromatic N) is 4. The van der Waals surface area contributed by atoms with Gasteiger partial charge in [-0.1, -0.05) is 6.07 Å². The molecule has 0 spiro atoms. The topological polar surface area (TPSA) is 86.3 Å². The van der Waals surface area contributed by atoms with Crippen LogP contribution in [-0.4, -0.2) is 38.9 Å². The maximum Gasteiger partial charge on any atom is 0.387 e. The summed E-state index contributed by atoms with van der Waals surface area (Å²) < 4.78 is 73.3. The molecular formula is C28H24F3N5O2. The molecule has 0 unspecified atom stereocenters. The number of benzene rings is 2. The van der Waals surface area contributed by atoms with Gasteiger partial charge in [0.25, 0.3) is 5.91 Å². The molecule has 10 heteroatoms. The molecule has 4 heterocycles. The number of ether oxygens (including phenoxy) is 1. The summed E-state index contributed by atoms with van der Waals surface area (Å²) in [7, 11) is 0. The van der Waals surface area contributed by atoms with E-state index in [0.29, 0.717) is 17.5 Å². The Kier molecular flexibility index (Phi) is 4.12. The van der Waals surface area contributed by atoms with Crippen molar-refractivity contribution in [2.24, 2.45) is 5.73 Å². The van der Waals surface area contributed by atoms with Crippen LogP contribution in [-0.2, 0) is 12.0 Å². The highest BCUT2D eigenvalue weighted by Crippen LogP contribution is 2.50. The monoisotopic (exact) mass is 522 g/mol. The molecule has 38 heavy (non-hydrogen) atoms. The zero-order valence-electron chi connectivity index (χ0n) is 23.2. The minimum absolute atomic E-state index is 0.0470. The summed E-state index contributed by atoms with van der Waals surface area (Å²) in [4.78, 5) is 23.4. The van der Waals surface area contributed by atoms with Crippen molar-refractivity contribution in [3.05, 3.63) is 76.6 Å². The number of pyridine rings is 1. The van der Waals surface area contributed by atoms with Gasteiger partial charge in [-0.2, -0.15) is 8.78 Å². The SMILES string of the molecule is [2H]C([2H])([2H])N1C(=O)c2cccc(OC(F)F)c2[C@H]2C[C@@H]1c1nc3cc(F)c(-c4cnc5c(c4)CC[C@@]5(C)N)cc3n12. The molecule has 0 radical (unpaired) electrons. The van der Waals surface area contributed by atoms with Gasteiger partial charge in [0.05, 0.1) is 34.3 Å². The van der Waals surface area contributed by atoms with Gasteiger partial charge < -0.3 is 19.9 Å². The Morgan fingerprint density at radius 1 is 1.24 bits per heavy atom. The van der Waals surface area contributed by atoms with Gasteiger partial charge in [0.15, 0.2) is 0 Å². The van der Waals surface area contributed by atoms with Crippen LogP contribution in [0.1, 0.15) is 69.0 Å². The highest BCUT2D eigenvalue weighted by Gasteiger charge is 2.45. The summed E-state index contributed by atoms with van der Waals surface area (Å²) in [6.45, 7) is -4.12. The molecule has 7 nitrogen and oxygen atoms in total. The van der Waals surface area contributed by atoms with Crippen molar-refractivity contribution in [2.45, 2.75) is 50.4 Å². The second-order valence-corrected chi connectivity index (χ2v) is 10.3. The largest absolute Gasteiger partial charge is 0.434 e. The second kappa shape index (κ2) is 7.80. The standard InChI is InChI=1S/C28H24F3N5O2/c1-28(32)7-6-13-8-14(12-33-24(13)28)16-9-19-18(10-17(16)29)34-25-21-11-20(36(19)25)23-15(26(37)35(21)2)4-3-5-22(23)38-27(30)31/h3-5,8-10,12,20-21,27H,6-7,11,32H2,1-2H3/t20-,21-,28-/m1/s1/i2D3. The van der Waals surface area contributed by atoms with Crippen molar-refractivity contribution in [1.29, 1.82) is 0 Å². The molecule has 2 aromatic heterocycles. The second-order valence-electron chi connectivity index (χ2n) is 10.3. The van der Waals surface area contributed by atoms with Crippen LogP contribution in [0.3, 0.4) is 0 Å². The van der Waals surface area contributed by atoms with Crippen molar-refractivity contribution in [1.82, 2.24) is 19.4 Å². The predicted molar refractivity (Wildman–Crippen MR) is 133 cm³/mol. The Hall–Kier alpha value is -3.92. The van der Waals surface area contributed by atoms with E-state index < -0.39 is 42.9 Å². The number of carbonyl (C=O) groups is 1. The fourth-order valence-corrected chi connectivity index (χ4v) is 6.23. The first-order chi connectivity index (χ1) is 19.3. The molecule has 2 aliphatic heterocycles. The number of hydrogen-bond acceptors (Lipinski definition) is 5. The number of imidazole rings is 1. The van der Waals surface area contributed by atoms with E-state index in [1.807, 2.05) is 13.0 Å². The van der Waals surface area contributed by atoms with Crippen molar-refractivity contribution in [3.63, 3.8) is 0 Å². The Labute approximate surface area is 220 Å². The minimum Gasteiger partial charge on any atom is -0.434 e. The van der Waals surface area contributed by atoms with Crippen molar-refractivity contribution in [3.8, 4) is 16.9 Å². The highest BCUT2D eigenvalue weighted by molar-refractivity contribution is 5.98. The third-order valence-corrected chi connectivity index (χ3v) is 7.97. The molecule has 3 aliphatic rings. The molecule has 1 aliphatic carbocycles. The van der Waals surface area contributed by atoms with Crippen LogP contribution in [0.25, 0.3) is 22.2 Å².